The van der Waals surface area contributed by atoms with Gasteiger partial charge in [-0.2, -0.15) is 5.10 Å². The van der Waals surface area contributed by atoms with Gasteiger partial charge in [-0.25, -0.2) is 0 Å². The van der Waals surface area contributed by atoms with Gasteiger partial charge in [-0.15, -0.1) is 0 Å². The van der Waals surface area contributed by atoms with Gasteiger partial charge in [0, 0.05) is 14.5 Å². The highest BCUT2D eigenvalue weighted by molar-refractivity contribution is 9.10. The zero-order chi connectivity index (χ0) is 15.0. The van der Waals surface area contributed by atoms with E-state index in [9.17, 15) is 0 Å². The molecule has 0 radical (unpaired) electrons. The third-order valence-corrected chi connectivity index (χ3v) is 4.45. The molecule has 0 saturated heterocycles. The van der Waals surface area contributed by atoms with Crippen molar-refractivity contribution in [2.24, 2.45) is 0 Å². The Balaban J connectivity index is 2.22. The maximum atomic E-state index is 6.07. The molecule has 3 rings (SSSR count). The molecular formula is C16H13Br2N3. The minimum absolute atomic E-state index is 0.496. The predicted molar refractivity (Wildman–Crippen MR) is 94.0 cm³/mol. The van der Waals surface area contributed by atoms with E-state index in [-0.39, 0.29) is 0 Å². The molecule has 0 saturated carbocycles. The number of halogens is 2. The summed E-state index contributed by atoms with van der Waals surface area (Å²) >= 11 is 7.11. The Hall–Kier alpha value is -1.59. The van der Waals surface area contributed by atoms with Crippen molar-refractivity contribution in [3.63, 3.8) is 0 Å². The van der Waals surface area contributed by atoms with E-state index < -0.39 is 0 Å². The highest BCUT2D eigenvalue weighted by Crippen LogP contribution is 2.38. The largest absolute Gasteiger partial charge is 0.382 e. The summed E-state index contributed by atoms with van der Waals surface area (Å²) in [6.45, 7) is 2.06. The molecule has 5 heteroatoms. The number of nitrogens with two attached hydrogens (primary N) is 1. The van der Waals surface area contributed by atoms with Gasteiger partial charge in [0.25, 0.3) is 0 Å². The van der Waals surface area contributed by atoms with E-state index in [4.69, 9.17) is 5.73 Å². The lowest BCUT2D eigenvalue weighted by molar-refractivity contribution is 1.10. The van der Waals surface area contributed by atoms with E-state index in [0.29, 0.717) is 5.82 Å². The fraction of sp³-hybridized carbons (Fsp3) is 0.0625. The third kappa shape index (κ3) is 2.76. The highest BCUT2D eigenvalue weighted by Gasteiger charge is 2.16. The molecule has 0 aliphatic carbocycles. The molecule has 0 atom stereocenters. The van der Waals surface area contributed by atoms with Crippen LogP contribution in [0.5, 0.6) is 0 Å². The number of hydrogen-bond acceptors (Lipinski definition) is 2. The summed E-state index contributed by atoms with van der Waals surface area (Å²) in [4.78, 5) is 0. The van der Waals surface area contributed by atoms with Crippen molar-refractivity contribution in [3.05, 3.63) is 57.0 Å². The van der Waals surface area contributed by atoms with Crippen molar-refractivity contribution in [2.75, 3.05) is 5.73 Å². The van der Waals surface area contributed by atoms with Crippen molar-refractivity contribution in [1.29, 1.82) is 0 Å². The molecule has 2 aromatic carbocycles. The van der Waals surface area contributed by atoms with E-state index in [1.165, 1.54) is 5.56 Å². The van der Waals surface area contributed by atoms with Gasteiger partial charge in [0.15, 0.2) is 5.82 Å². The molecule has 0 amide bonds. The number of aromatic nitrogens is 2. The van der Waals surface area contributed by atoms with Gasteiger partial charge >= 0.3 is 0 Å². The first kappa shape index (κ1) is 14.4. The van der Waals surface area contributed by atoms with Crippen molar-refractivity contribution in [2.45, 2.75) is 6.92 Å². The van der Waals surface area contributed by atoms with Crippen LogP contribution < -0.4 is 5.73 Å². The minimum atomic E-state index is 0.496. The Kier molecular flexibility index (Phi) is 3.87. The molecule has 0 aliphatic heterocycles. The number of benzene rings is 2. The van der Waals surface area contributed by atoms with Gasteiger partial charge in [-0.05, 0) is 36.2 Å². The number of aryl methyl sites for hydroxylation is 1. The summed E-state index contributed by atoms with van der Waals surface area (Å²) in [7, 11) is 0. The molecule has 3 nitrogen and oxygen atoms in total. The topological polar surface area (TPSA) is 54.7 Å². The summed E-state index contributed by atoms with van der Waals surface area (Å²) in [6, 6.07) is 14.2. The molecule has 0 fully saturated rings. The number of H-pyrrole nitrogens is 1. The second kappa shape index (κ2) is 5.66. The molecule has 106 valence electrons. The quantitative estimate of drug-likeness (QED) is 0.617. The lowest BCUT2D eigenvalue weighted by Gasteiger charge is -2.08. The van der Waals surface area contributed by atoms with Crippen LogP contribution in [0.15, 0.2) is 51.4 Å². The Morgan fingerprint density at radius 1 is 1.10 bits per heavy atom. The fourth-order valence-corrected chi connectivity index (χ4v) is 3.40. The van der Waals surface area contributed by atoms with Gasteiger partial charge in [-0.3, -0.25) is 5.10 Å². The zero-order valence-corrected chi connectivity index (χ0v) is 14.5. The van der Waals surface area contributed by atoms with Crippen molar-refractivity contribution in [1.82, 2.24) is 10.2 Å². The van der Waals surface area contributed by atoms with Crippen LogP contribution in [0.4, 0.5) is 5.82 Å². The molecule has 3 aromatic rings. The summed E-state index contributed by atoms with van der Waals surface area (Å²) in [5.41, 5.74) is 11.2. The van der Waals surface area contributed by atoms with Crippen molar-refractivity contribution < 1.29 is 0 Å². The average Bonchev–Trinajstić information content (AvgIpc) is 2.80. The smallest absolute Gasteiger partial charge is 0.153 e. The Bertz CT molecular complexity index is 809. The Morgan fingerprint density at radius 3 is 2.62 bits per heavy atom. The standard InChI is InChI=1S/C16H13Br2N3/c1-9-5-6-12(13(18)7-9)15-14(16(19)21-20-15)10-3-2-4-11(17)8-10/h2-8H,1H3,(H3,19,20,21). The highest BCUT2D eigenvalue weighted by atomic mass is 79.9. The number of aromatic amines is 1. The number of nitrogen functional groups attached to an aromatic ring is 1. The lowest BCUT2D eigenvalue weighted by Crippen LogP contribution is -1.89. The van der Waals surface area contributed by atoms with Crippen LogP contribution in [-0.2, 0) is 0 Å². The number of rotatable bonds is 2. The fourth-order valence-electron chi connectivity index (χ4n) is 2.31. The van der Waals surface area contributed by atoms with Crippen LogP contribution in [0.25, 0.3) is 22.4 Å². The second-order valence-electron chi connectivity index (χ2n) is 4.85. The first-order valence-corrected chi connectivity index (χ1v) is 8.01. The van der Waals surface area contributed by atoms with E-state index in [1.54, 1.807) is 0 Å². The molecular weight excluding hydrogens is 394 g/mol. The molecule has 1 heterocycles. The van der Waals surface area contributed by atoms with Gasteiger partial charge < -0.3 is 5.73 Å². The van der Waals surface area contributed by atoms with Crippen LogP contribution in [0.3, 0.4) is 0 Å². The Labute approximate surface area is 139 Å². The van der Waals surface area contributed by atoms with Crippen LogP contribution in [-0.4, -0.2) is 10.2 Å². The van der Waals surface area contributed by atoms with Crippen molar-refractivity contribution in [3.8, 4) is 22.4 Å². The maximum absolute atomic E-state index is 6.07. The predicted octanol–water partition coefficient (Wildman–Crippen LogP) is 5.16. The van der Waals surface area contributed by atoms with Crippen LogP contribution in [0, 0.1) is 6.92 Å². The zero-order valence-electron chi connectivity index (χ0n) is 11.3. The first-order valence-electron chi connectivity index (χ1n) is 6.42. The van der Waals surface area contributed by atoms with Crippen LogP contribution in [0.1, 0.15) is 5.56 Å². The van der Waals surface area contributed by atoms with Gasteiger partial charge in [-0.1, -0.05) is 56.1 Å². The van der Waals surface area contributed by atoms with E-state index in [0.717, 1.165) is 31.3 Å². The molecule has 1 aromatic heterocycles. The summed E-state index contributed by atoms with van der Waals surface area (Å²) in [5.74, 6) is 0.496. The number of anilines is 1. The second-order valence-corrected chi connectivity index (χ2v) is 6.62. The van der Waals surface area contributed by atoms with E-state index in [2.05, 4.69) is 67.2 Å². The van der Waals surface area contributed by atoms with Gasteiger partial charge in [0.2, 0.25) is 0 Å². The third-order valence-electron chi connectivity index (χ3n) is 3.30. The van der Waals surface area contributed by atoms with Gasteiger partial charge in [0.1, 0.15) is 0 Å². The summed E-state index contributed by atoms with van der Waals surface area (Å²) in [5, 5.41) is 7.23. The van der Waals surface area contributed by atoms with E-state index >= 15 is 0 Å². The number of nitrogens with zero attached hydrogens (tertiary/aromatic N) is 1. The monoisotopic (exact) mass is 405 g/mol. The number of nitrogens with one attached hydrogen (secondary N) is 1. The molecule has 0 unspecified atom stereocenters. The van der Waals surface area contributed by atoms with Gasteiger partial charge in [0.05, 0.1) is 11.3 Å². The molecule has 3 N–H and O–H groups in total. The molecule has 0 aliphatic rings. The molecule has 0 bridgehead atoms. The average molecular weight is 407 g/mol. The normalized spacial score (nSPS) is 10.8. The van der Waals surface area contributed by atoms with Crippen LogP contribution >= 0.6 is 31.9 Å². The first-order chi connectivity index (χ1) is 10.1. The Morgan fingerprint density at radius 2 is 1.90 bits per heavy atom. The molecule has 0 spiro atoms. The number of hydrogen-bond donors (Lipinski definition) is 2. The van der Waals surface area contributed by atoms with Crippen LogP contribution in [0.2, 0.25) is 0 Å². The van der Waals surface area contributed by atoms with E-state index in [1.807, 2.05) is 24.3 Å². The lowest BCUT2D eigenvalue weighted by atomic mass is 10.0. The minimum Gasteiger partial charge on any atom is -0.382 e. The SMILES string of the molecule is Cc1ccc(-c2[nH]nc(N)c2-c2cccc(Br)c2)c(Br)c1. The van der Waals surface area contributed by atoms with Crippen molar-refractivity contribution >= 4 is 37.7 Å². The molecule has 21 heavy (non-hydrogen) atoms. The maximum Gasteiger partial charge on any atom is 0.153 e. The summed E-state index contributed by atoms with van der Waals surface area (Å²) in [6.07, 6.45) is 0. The summed E-state index contributed by atoms with van der Waals surface area (Å²) < 4.78 is 2.02.